The van der Waals surface area contributed by atoms with Gasteiger partial charge in [0.2, 0.25) is 0 Å². The van der Waals surface area contributed by atoms with Gasteiger partial charge in [-0.05, 0) is 92.3 Å². The van der Waals surface area contributed by atoms with Crippen LogP contribution >= 0.6 is 0 Å². The molecule has 14 nitrogen and oxygen atoms in total. The number of fused-ring (bicyclic) bond motifs is 7. The molecule has 70 heavy (non-hydrogen) atoms. The minimum absolute atomic E-state index is 0.0888. The van der Waals surface area contributed by atoms with Gasteiger partial charge < -0.3 is 49.5 Å². The van der Waals surface area contributed by atoms with Crippen LogP contribution in [0.4, 0.5) is 5.69 Å². The average molecular weight is 953 g/mol. The van der Waals surface area contributed by atoms with Gasteiger partial charge in [0.1, 0.15) is 23.3 Å². The smallest absolute Gasteiger partial charge is 0.328 e. The van der Waals surface area contributed by atoms with Crippen molar-refractivity contribution in [3.05, 3.63) is 107 Å². The SMILES string of the molecule is CCOC(=O)[C@H](Cc1c[nH]c2ccccc12)NC(=O)[C@]1(O)[C@H](O)[C@]2(CC)C=CCN3CC[C@]4(c5cc([C@]6(C(=O)OC)C[C@H]7C[C@H](CC)CN(CCc8c6[nH]c6ccccc86)C7)c(OC)cc5N(C)[C@H]14)[C@@H]32. The highest BCUT2D eigenvalue weighted by atomic mass is 16.5. The van der Waals surface area contributed by atoms with Gasteiger partial charge in [-0.1, -0.05) is 68.8 Å². The summed E-state index contributed by atoms with van der Waals surface area (Å²) in [6.07, 6.45) is 8.59. The third-order valence-electron chi connectivity index (χ3n) is 18.1. The molecule has 1 aliphatic carbocycles. The number of aromatic nitrogens is 2. The van der Waals surface area contributed by atoms with Gasteiger partial charge in [0.05, 0.1) is 26.9 Å². The topological polar surface area (TPSA) is 173 Å². The molecular weight excluding hydrogens is 885 g/mol. The molecule has 370 valence electrons. The third-order valence-corrected chi connectivity index (χ3v) is 18.1. The molecule has 2 aromatic heterocycles. The normalized spacial score (nSPS) is 32.5. The minimum atomic E-state index is -2.47. The van der Waals surface area contributed by atoms with E-state index in [1.807, 2.05) is 67.5 Å². The van der Waals surface area contributed by atoms with Crippen LogP contribution in [0.3, 0.4) is 0 Å². The van der Waals surface area contributed by atoms with Crippen LogP contribution in [0.25, 0.3) is 21.8 Å². The number of benzene rings is 3. The van der Waals surface area contributed by atoms with Crippen LogP contribution in [0.15, 0.2) is 79.0 Å². The lowest BCUT2D eigenvalue weighted by Crippen LogP contribution is -2.82. The van der Waals surface area contributed by atoms with Crippen molar-refractivity contribution < 1.29 is 38.8 Å². The number of H-pyrrole nitrogens is 2. The Hall–Kier alpha value is -5.67. The van der Waals surface area contributed by atoms with E-state index < -0.39 is 51.9 Å². The third kappa shape index (κ3) is 6.47. The van der Waals surface area contributed by atoms with E-state index in [0.717, 1.165) is 88.8 Å². The number of nitrogens with one attached hydrogen (secondary N) is 3. The molecule has 1 saturated carbocycles. The van der Waals surface area contributed by atoms with E-state index >= 15 is 9.59 Å². The number of esters is 2. The van der Waals surface area contributed by atoms with Gasteiger partial charge in [-0.25, -0.2) is 4.79 Å². The summed E-state index contributed by atoms with van der Waals surface area (Å²) < 4.78 is 18.1. The fourth-order valence-electron chi connectivity index (χ4n) is 15.2. The maximum Gasteiger partial charge on any atom is 0.328 e. The summed E-state index contributed by atoms with van der Waals surface area (Å²) in [5.74, 6) is -0.750. The summed E-state index contributed by atoms with van der Waals surface area (Å²) >= 11 is 0. The van der Waals surface area contributed by atoms with Crippen molar-refractivity contribution in [3.63, 3.8) is 0 Å². The molecule has 1 amide bonds. The maximum atomic E-state index is 15.7. The van der Waals surface area contributed by atoms with E-state index in [0.29, 0.717) is 49.6 Å². The van der Waals surface area contributed by atoms with Crippen molar-refractivity contribution in [1.82, 2.24) is 25.1 Å². The molecule has 11 atom stereocenters. The van der Waals surface area contributed by atoms with Gasteiger partial charge in [0.15, 0.2) is 5.60 Å². The summed E-state index contributed by atoms with van der Waals surface area (Å²) in [6.45, 7) is 10.1. The molecule has 1 spiro atoms. The first-order valence-corrected chi connectivity index (χ1v) is 25.6. The Kier molecular flexibility index (Phi) is 11.5. The first-order valence-electron chi connectivity index (χ1n) is 25.6. The van der Waals surface area contributed by atoms with E-state index in [9.17, 15) is 15.0 Å². The summed E-state index contributed by atoms with van der Waals surface area (Å²) in [5.41, 5.74) is 0.935. The van der Waals surface area contributed by atoms with Crippen molar-refractivity contribution in [2.75, 3.05) is 65.5 Å². The number of nitrogens with zero attached hydrogens (tertiary/aromatic N) is 3. The Bertz CT molecular complexity index is 2910. The van der Waals surface area contributed by atoms with E-state index in [4.69, 9.17) is 14.2 Å². The maximum absolute atomic E-state index is 15.7. The highest BCUT2D eigenvalue weighted by Crippen LogP contribution is 2.67. The molecular formula is C56H68N6O8. The number of ether oxygens (including phenoxy) is 3. The second-order valence-electron chi connectivity index (χ2n) is 21.2. The molecule has 6 aliphatic rings. The minimum Gasteiger partial charge on any atom is -0.496 e. The molecule has 1 unspecified atom stereocenters. The number of likely N-dealkylation sites (N-methyl/N-ethyl adjacent to an activating group) is 1. The number of aliphatic hydroxyl groups is 2. The van der Waals surface area contributed by atoms with E-state index in [-0.39, 0.29) is 31.0 Å². The predicted octanol–water partition coefficient (Wildman–Crippen LogP) is 5.90. The van der Waals surface area contributed by atoms with E-state index in [1.54, 1.807) is 14.0 Å². The highest BCUT2D eigenvalue weighted by Gasteiger charge is 2.79. The Morgan fingerprint density at radius 3 is 2.47 bits per heavy atom. The molecule has 3 aromatic carbocycles. The summed E-state index contributed by atoms with van der Waals surface area (Å²) in [7, 11) is 4.99. The van der Waals surface area contributed by atoms with Crippen molar-refractivity contribution in [1.29, 1.82) is 0 Å². The molecule has 0 radical (unpaired) electrons. The molecule has 11 rings (SSSR count). The lowest BCUT2D eigenvalue weighted by Gasteiger charge is -2.63. The van der Waals surface area contributed by atoms with Gasteiger partial charge in [-0.3, -0.25) is 14.5 Å². The van der Waals surface area contributed by atoms with E-state index in [1.165, 1.54) is 7.11 Å². The van der Waals surface area contributed by atoms with Crippen LogP contribution in [-0.2, 0) is 47.5 Å². The monoisotopic (exact) mass is 953 g/mol. The number of hydrogen-bond acceptors (Lipinski definition) is 11. The molecule has 5 aliphatic heterocycles. The van der Waals surface area contributed by atoms with Gasteiger partial charge in [0.25, 0.3) is 5.91 Å². The van der Waals surface area contributed by atoms with Gasteiger partial charge in [0, 0.05) is 108 Å². The van der Waals surface area contributed by atoms with Crippen LogP contribution in [0.1, 0.15) is 80.8 Å². The first-order chi connectivity index (χ1) is 33.8. The number of carbonyl (C=O) groups is 3. The largest absolute Gasteiger partial charge is 0.496 e. The lowest BCUT2D eigenvalue weighted by molar-refractivity contribution is -0.204. The fourth-order valence-corrected chi connectivity index (χ4v) is 15.2. The van der Waals surface area contributed by atoms with Crippen LogP contribution in [0.2, 0.25) is 0 Å². The van der Waals surface area contributed by atoms with Gasteiger partial charge >= 0.3 is 11.9 Å². The fraction of sp³-hybridized carbons (Fsp3) is 0.518. The Labute approximate surface area is 409 Å². The number of anilines is 1. The highest BCUT2D eigenvalue weighted by molar-refractivity contribution is 5.96. The van der Waals surface area contributed by atoms with Gasteiger partial charge in [-0.15, -0.1) is 0 Å². The Balaban J connectivity index is 1.12. The molecule has 7 heterocycles. The second kappa shape index (κ2) is 17.3. The number of hydrogen-bond donors (Lipinski definition) is 5. The number of amides is 1. The zero-order valence-electron chi connectivity index (χ0n) is 41.3. The second-order valence-corrected chi connectivity index (χ2v) is 21.2. The quantitative estimate of drug-likeness (QED) is 0.0789. The summed E-state index contributed by atoms with van der Waals surface area (Å²) in [4.78, 5) is 59.2. The average Bonchev–Trinajstić information content (AvgIpc) is 4.15. The van der Waals surface area contributed by atoms with Crippen LogP contribution in [-0.4, -0.2) is 138 Å². The summed E-state index contributed by atoms with van der Waals surface area (Å²) in [5, 5.41) is 32.0. The van der Waals surface area contributed by atoms with Crippen LogP contribution in [0, 0.1) is 17.3 Å². The number of piperidine rings is 1. The zero-order chi connectivity index (χ0) is 48.9. The zero-order valence-corrected chi connectivity index (χ0v) is 41.3. The lowest BCUT2D eigenvalue weighted by atomic mass is 9.47. The number of aliphatic hydroxyl groups excluding tert-OH is 1. The number of aromatic amines is 2. The predicted molar refractivity (Wildman–Crippen MR) is 268 cm³/mol. The molecule has 2 bridgehead atoms. The van der Waals surface area contributed by atoms with Crippen molar-refractivity contribution >= 4 is 45.3 Å². The van der Waals surface area contributed by atoms with Crippen molar-refractivity contribution in [2.24, 2.45) is 17.3 Å². The molecule has 5 N–H and O–H groups in total. The first kappa shape index (κ1) is 46.7. The van der Waals surface area contributed by atoms with Crippen molar-refractivity contribution in [2.45, 2.75) is 106 Å². The number of para-hydroxylation sites is 2. The van der Waals surface area contributed by atoms with Crippen LogP contribution < -0.4 is 15.0 Å². The standard InChI is InChI=1S/C56H68N6O8/c1-7-33-25-34-29-55(52(66)69-6,46-38(19-23-61(31-33)32-34)37-16-11-13-18-42(37)58-46)40-27-39-44(28-45(40)68-5)60(4)49-54(39)21-24-62-22-14-20-53(8-2,48(54)62)50(64)56(49,67)51(65)59-43(47(63)70-9-3)26-35-30-57-41-17-12-10-15-36(35)41/h10-18,20,27-28,30,33-34,43,48-50,57-58,64,67H,7-9,19,21-26,29,31-32H2,1-6H3,(H,59,65)/t33-,34+,43-,48-,49-,50+,53+,54-,55+,56+/m0/s1. The summed E-state index contributed by atoms with van der Waals surface area (Å²) in [6, 6.07) is 17.6. The number of rotatable bonds is 11. The Morgan fingerprint density at radius 2 is 1.73 bits per heavy atom. The Morgan fingerprint density at radius 1 is 0.957 bits per heavy atom. The molecule has 3 fully saturated rings. The van der Waals surface area contributed by atoms with Gasteiger partial charge in [-0.2, -0.15) is 0 Å². The van der Waals surface area contributed by atoms with Crippen molar-refractivity contribution in [3.8, 4) is 5.75 Å². The van der Waals surface area contributed by atoms with Crippen LogP contribution in [0.5, 0.6) is 5.75 Å². The molecule has 5 aromatic rings. The van der Waals surface area contributed by atoms with E-state index in [2.05, 4.69) is 62.3 Å². The molecule has 2 saturated heterocycles. The molecule has 14 heteroatoms. The number of methoxy groups -OCH3 is 2. The number of carbonyl (C=O) groups excluding carboxylic acids is 3.